The topological polar surface area (TPSA) is 69.6 Å². The van der Waals surface area contributed by atoms with Crippen molar-refractivity contribution in [3.63, 3.8) is 0 Å². The molecule has 2 N–H and O–H groups in total. The second-order valence-electron chi connectivity index (χ2n) is 3.60. The van der Waals surface area contributed by atoms with Crippen LogP contribution in [0.5, 0.6) is 0 Å². The maximum atomic E-state index is 5.89. The molecule has 0 fully saturated rings. The summed E-state index contributed by atoms with van der Waals surface area (Å²) in [6.45, 7) is 2.01. The van der Waals surface area contributed by atoms with E-state index in [4.69, 9.17) is 17.3 Å². The highest BCUT2D eigenvalue weighted by molar-refractivity contribution is 7.17. The van der Waals surface area contributed by atoms with Crippen LogP contribution in [-0.2, 0) is 0 Å². The third-order valence-electron chi connectivity index (χ3n) is 2.42. The van der Waals surface area contributed by atoms with E-state index >= 15 is 0 Å². The maximum Gasteiger partial charge on any atom is 0.174 e. The Hall–Kier alpha value is -1.66. The standard InChI is InChI=1S/C10H8ClN5S/c1-5-3-17-8-7(5)13-4-14-10(8)16-2-6(11)9(12)15-16/h2-4H,1H3,(H2,12,15). The van der Waals surface area contributed by atoms with E-state index in [2.05, 4.69) is 15.1 Å². The molecule has 0 aliphatic carbocycles. The normalized spacial score (nSPS) is 11.2. The van der Waals surface area contributed by atoms with Gasteiger partial charge in [0.05, 0.1) is 16.4 Å². The van der Waals surface area contributed by atoms with Gasteiger partial charge in [0.25, 0.3) is 0 Å². The summed E-state index contributed by atoms with van der Waals surface area (Å²) in [4.78, 5) is 8.48. The number of nitrogens with zero attached hydrogens (tertiary/aromatic N) is 4. The summed E-state index contributed by atoms with van der Waals surface area (Å²) < 4.78 is 2.56. The first-order chi connectivity index (χ1) is 8.16. The van der Waals surface area contributed by atoms with Crippen molar-refractivity contribution in [3.8, 4) is 5.82 Å². The van der Waals surface area contributed by atoms with Gasteiger partial charge in [-0.05, 0) is 17.9 Å². The maximum absolute atomic E-state index is 5.89. The van der Waals surface area contributed by atoms with Gasteiger partial charge in [0.2, 0.25) is 0 Å². The molecule has 3 aromatic rings. The van der Waals surface area contributed by atoms with E-state index in [0.29, 0.717) is 16.7 Å². The molecule has 3 rings (SSSR count). The van der Waals surface area contributed by atoms with Crippen molar-refractivity contribution in [2.24, 2.45) is 0 Å². The Kier molecular flexibility index (Phi) is 2.27. The molecule has 0 atom stereocenters. The van der Waals surface area contributed by atoms with E-state index in [1.165, 1.54) is 6.33 Å². The van der Waals surface area contributed by atoms with Gasteiger partial charge in [0, 0.05) is 0 Å². The highest BCUT2D eigenvalue weighted by Gasteiger charge is 2.12. The minimum absolute atomic E-state index is 0.298. The third-order valence-corrected chi connectivity index (χ3v) is 3.80. The van der Waals surface area contributed by atoms with E-state index < -0.39 is 0 Å². The number of anilines is 1. The van der Waals surface area contributed by atoms with Crippen LogP contribution in [0.25, 0.3) is 16.0 Å². The fourth-order valence-corrected chi connectivity index (χ4v) is 2.71. The Morgan fingerprint density at radius 2 is 2.24 bits per heavy atom. The molecule has 0 radical (unpaired) electrons. The molecule has 0 aliphatic rings. The predicted molar refractivity (Wildman–Crippen MR) is 68.7 cm³/mol. The molecule has 0 aromatic carbocycles. The van der Waals surface area contributed by atoms with Crippen LogP contribution in [0.4, 0.5) is 5.82 Å². The van der Waals surface area contributed by atoms with Crippen molar-refractivity contribution in [2.75, 3.05) is 5.73 Å². The van der Waals surface area contributed by atoms with Crippen LogP contribution in [0.15, 0.2) is 17.9 Å². The van der Waals surface area contributed by atoms with E-state index in [-0.39, 0.29) is 0 Å². The van der Waals surface area contributed by atoms with Crippen LogP contribution in [-0.4, -0.2) is 19.7 Å². The number of halogens is 1. The number of thiophene rings is 1. The average Bonchev–Trinajstić information content (AvgIpc) is 2.84. The highest BCUT2D eigenvalue weighted by Crippen LogP contribution is 2.28. The highest BCUT2D eigenvalue weighted by atomic mass is 35.5. The summed E-state index contributed by atoms with van der Waals surface area (Å²) in [6.07, 6.45) is 3.16. The average molecular weight is 266 g/mol. The van der Waals surface area contributed by atoms with Crippen LogP contribution in [0.1, 0.15) is 5.56 Å². The minimum atomic E-state index is 0.298. The van der Waals surface area contributed by atoms with E-state index in [1.807, 2.05) is 12.3 Å². The number of fused-ring (bicyclic) bond motifs is 1. The molecule has 0 spiro atoms. The lowest BCUT2D eigenvalue weighted by molar-refractivity contribution is 0.857. The largest absolute Gasteiger partial charge is 0.381 e. The lowest BCUT2D eigenvalue weighted by atomic mass is 10.3. The molecule has 0 unspecified atom stereocenters. The summed E-state index contributed by atoms with van der Waals surface area (Å²) >= 11 is 7.47. The number of aromatic nitrogens is 4. The number of hydrogen-bond donors (Lipinski definition) is 1. The molecule has 0 aliphatic heterocycles. The van der Waals surface area contributed by atoms with Crippen molar-refractivity contribution in [1.29, 1.82) is 0 Å². The molecule has 5 nitrogen and oxygen atoms in total. The first-order valence-corrected chi connectivity index (χ1v) is 6.12. The van der Waals surface area contributed by atoms with Gasteiger partial charge in [0.15, 0.2) is 11.6 Å². The zero-order chi connectivity index (χ0) is 12.0. The second-order valence-corrected chi connectivity index (χ2v) is 4.89. The third kappa shape index (κ3) is 1.57. The van der Waals surface area contributed by atoms with Gasteiger partial charge in [-0.2, -0.15) is 0 Å². The first-order valence-electron chi connectivity index (χ1n) is 4.86. The number of hydrogen-bond acceptors (Lipinski definition) is 5. The Balaban J connectivity index is 2.30. The summed E-state index contributed by atoms with van der Waals surface area (Å²) in [7, 11) is 0. The van der Waals surface area contributed by atoms with E-state index in [1.54, 1.807) is 22.2 Å². The van der Waals surface area contributed by atoms with Crippen molar-refractivity contribution in [3.05, 3.63) is 28.5 Å². The minimum Gasteiger partial charge on any atom is -0.381 e. The van der Waals surface area contributed by atoms with Crippen molar-refractivity contribution >= 4 is 39.0 Å². The molecular formula is C10H8ClN5S. The molecule has 0 saturated carbocycles. The number of rotatable bonds is 1. The summed E-state index contributed by atoms with van der Waals surface area (Å²) in [5.74, 6) is 0.999. The molecule has 0 amide bonds. The summed E-state index contributed by atoms with van der Waals surface area (Å²) in [5, 5.41) is 6.58. The second kappa shape index (κ2) is 3.68. The number of aryl methyl sites for hydroxylation is 1. The Bertz CT molecular complexity index is 682. The molecular weight excluding hydrogens is 258 g/mol. The molecule has 86 valence electrons. The van der Waals surface area contributed by atoms with Crippen LogP contribution >= 0.6 is 22.9 Å². The van der Waals surface area contributed by atoms with Gasteiger partial charge >= 0.3 is 0 Å². The quantitative estimate of drug-likeness (QED) is 0.734. The number of nitrogens with two attached hydrogens (primary N) is 1. The lowest BCUT2D eigenvalue weighted by Crippen LogP contribution is -2.00. The van der Waals surface area contributed by atoms with E-state index in [0.717, 1.165) is 15.8 Å². The van der Waals surface area contributed by atoms with Crippen molar-refractivity contribution in [1.82, 2.24) is 19.7 Å². The van der Waals surface area contributed by atoms with Gasteiger partial charge in [-0.3, -0.25) is 0 Å². The zero-order valence-electron chi connectivity index (χ0n) is 8.88. The van der Waals surface area contributed by atoms with Crippen LogP contribution in [0.2, 0.25) is 5.02 Å². The van der Waals surface area contributed by atoms with Gasteiger partial charge in [-0.15, -0.1) is 16.4 Å². The summed E-state index contributed by atoms with van der Waals surface area (Å²) in [6, 6.07) is 0. The Labute approximate surface area is 106 Å². The molecule has 3 aromatic heterocycles. The van der Waals surface area contributed by atoms with Crippen LogP contribution in [0, 0.1) is 6.92 Å². The SMILES string of the molecule is Cc1csc2c(-n3cc(Cl)c(N)n3)ncnc12. The smallest absolute Gasteiger partial charge is 0.174 e. The summed E-state index contributed by atoms with van der Waals surface area (Å²) in [5.41, 5.74) is 7.68. The van der Waals surface area contributed by atoms with Crippen LogP contribution < -0.4 is 5.73 Å². The van der Waals surface area contributed by atoms with Crippen LogP contribution in [0.3, 0.4) is 0 Å². The first kappa shape index (κ1) is 10.5. The van der Waals surface area contributed by atoms with Gasteiger partial charge in [-0.1, -0.05) is 11.6 Å². The molecule has 7 heteroatoms. The Morgan fingerprint density at radius 1 is 1.41 bits per heavy atom. The molecule has 0 saturated heterocycles. The zero-order valence-corrected chi connectivity index (χ0v) is 10.5. The molecule has 0 bridgehead atoms. The fraction of sp³-hybridized carbons (Fsp3) is 0.100. The number of nitrogen functional groups attached to an aromatic ring is 1. The fourth-order valence-electron chi connectivity index (χ4n) is 1.59. The Morgan fingerprint density at radius 3 is 2.94 bits per heavy atom. The predicted octanol–water partition coefficient (Wildman–Crippen LogP) is 2.42. The molecule has 3 heterocycles. The van der Waals surface area contributed by atoms with Gasteiger partial charge in [-0.25, -0.2) is 14.6 Å². The van der Waals surface area contributed by atoms with Crippen molar-refractivity contribution in [2.45, 2.75) is 6.92 Å². The van der Waals surface area contributed by atoms with Gasteiger partial charge in [0.1, 0.15) is 11.3 Å². The van der Waals surface area contributed by atoms with Crippen molar-refractivity contribution < 1.29 is 0 Å². The van der Waals surface area contributed by atoms with Gasteiger partial charge < -0.3 is 5.73 Å². The molecule has 17 heavy (non-hydrogen) atoms. The van der Waals surface area contributed by atoms with E-state index in [9.17, 15) is 0 Å². The lowest BCUT2D eigenvalue weighted by Gasteiger charge is -2.00. The monoisotopic (exact) mass is 265 g/mol.